The average molecular weight is 299 g/mol. The molecule has 21 heavy (non-hydrogen) atoms. The third-order valence-corrected chi connectivity index (χ3v) is 3.82. The van der Waals surface area contributed by atoms with Gasteiger partial charge in [0.25, 0.3) is 0 Å². The number of hydrogen-bond donors (Lipinski definition) is 3. The molecule has 0 bridgehead atoms. The van der Waals surface area contributed by atoms with Crippen LogP contribution in [0.2, 0.25) is 0 Å². The third kappa shape index (κ3) is 5.71. The summed E-state index contributed by atoms with van der Waals surface area (Å²) in [5, 5.41) is 14.0. The highest BCUT2D eigenvalue weighted by atomic mass is 16.4. The normalized spacial score (nSPS) is 22.6. The highest BCUT2D eigenvalue weighted by Crippen LogP contribution is 2.25. The first-order valence-electron chi connectivity index (χ1n) is 7.52. The van der Waals surface area contributed by atoms with Crippen LogP contribution in [0.3, 0.4) is 0 Å². The Bertz CT molecular complexity index is 386. The Kier molecular flexibility index (Phi) is 7.14. The molecule has 0 aliphatic carbocycles. The maximum atomic E-state index is 11.8. The van der Waals surface area contributed by atoms with Crippen LogP contribution in [0.1, 0.15) is 39.5 Å². The summed E-state index contributed by atoms with van der Waals surface area (Å²) in [6.45, 7) is 4.96. The maximum Gasteiger partial charge on any atom is 0.321 e. The van der Waals surface area contributed by atoms with Gasteiger partial charge in [0.1, 0.15) is 6.04 Å². The first-order chi connectivity index (χ1) is 9.97. The highest BCUT2D eigenvalue weighted by molar-refractivity contribution is 5.95. The van der Waals surface area contributed by atoms with Crippen molar-refractivity contribution in [2.45, 2.75) is 45.6 Å². The number of imide groups is 1. The molecule has 1 aliphatic rings. The molecule has 1 rings (SSSR count). The van der Waals surface area contributed by atoms with E-state index in [1.807, 2.05) is 13.8 Å². The lowest BCUT2D eigenvalue weighted by Crippen LogP contribution is -2.52. The van der Waals surface area contributed by atoms with E-state index in [2.05, 4.69) is 10.6 Å². The predicted molar refractivity (Wildman–Crippen MR) is 77.8 cm³/mol. The number of carbonyl (C=O) groups is 3. The Hall–Kier alpha value is -1.63. The quantitative estimate of drug-likeness (QED) is 0.674. The van der Waals surface area contributed by atoms with Crippen molar-refractivity contribution in [1.29, 1.82) is 0 Å². The summed E-state index contributed by atoms with van der Waals surface area (Å²) < 4.78 is 0. The zero-order valence-corrected chi connectivity index (χ0v) is 12.7. The van der Waals surface area contributed by atoms with Gasteiger partial charge in [-0.1, -0.05) is 20.3 Å². The number of urea groups is 1. The van der Waals surface area contributed by atoms with Gasteiger partial charge in [0, 0.05) is 6.54 Å². The zero-order valence-electron chi connectivity index (χ0n) is 12.7. The van der Waals surface area contributed by atoms with Gasteiger partial charge in [-0.3, -0.25) is 19.8 Å². The second kappa shape index (κ2) is 8.61. The van der Waals surface area contributed by atoms with E-state index in [0.717, 1.165) is 19.3 Å². The maximum absolute atomic E-state index is 11.8. The number of piperidine rings is 1. The number of nitrogens with zero attached hydrogens (tertiary/aromatic N) is 1. The van der Waals surface area contributed by atoms with Gasteiger partial charge in [-0.25, -0.2) is 4.79 Å². The first kappa shape index (κ1) is 17.4. The number of carboxylic acid groups (broad SMARTS) is 1. The van der Waals surface area contributed by atoms with Gasteiger partial charge < -0.3 is 10.4 Å². The van der Waals surface area contributed by atoms with Gasteiger partial charge in [0.15, 0.2) is 0 Å². The predicted octanol–water partition coefficient (Wildman–Crippen LogP) is 0.797. The van der Waals surface area contributed by atoms with Crippen LogP contribution >= 0.6 is 0 Å². The summed E-state index contributed by atoms with van der Waals surface area (Å²) in [4.78, 5) is 36.1. The molecule has 1 aliphatic heterocycles. The van der Waals surface area contributed by atoms with Crippen LogP contribution in [0.15, 0.2) is 0 Å². The number of likely N-dealkylation sites (tertiary alicyclic amines) is 1. The largest absolute Gasteiger partial charge is 0.480 e. The van der Waals surface area contributed by atoms with Crippen LogP contribution in [0.25, 0.3) is 0 Å². The molecule has 120 valence electrons. The van der Waals surface area contributed by atoms with Gasteiger partial charge in [-0.05, 0) is 31.7 Å². The van der Waals surface area contributed by atoms with E-state index in [1.165, 1.54) is 0 Å². The summed E-state index contributed by atoms with van der Waals surface area (Å²) in [6, 6.07) is -1.18. The molecule has 0 aromatic carbocycles. The molecular formula is C14H25N3O4. The van der Waals surface area contributed by atoms with Gasteiger partial charge in [0.05, 0.1) is 6.54 Å². The SMILES string of the molecule is CCCNC(=O)NC(=O)CN1CCC(CC)CC1C(=O)O. The molecule has 0 saturated carbocycles. The molecule has 0 aromatic heterocycles. The summed E-state index contributed by atoms with van der Waals surface area (Å²) in [6.07, 6.45) is 3.17. The van der Waals surface area contributed by atoms with Crippen molar-refractivity contribution in [3.05, 3.63) is 0 Å². The Morgan fingerprint density at radius 1 is 1.29 bits per heavy atom. The second-order valence-electron chi connectivity index (χ2n) is 5.43. The Morgan fingerprint density at radius 2 is 2.00 bits per heavy atom. The number of hydrogen-bond acceptors (Lipinski definition) is 4. The standard InChI is InChI=1S/C14H25N3O4/c1-3-6-15-14(21)16-12(18)9-17-7-5-10(4-2)8-11(17)13(19)20/h10-11H,3-9H2,1-2H3,(H,19,20)(H2,15,16,18,21). The van der Waals surface area contributed by atoms with Crippen LogP contribution in [-0.2, 0) is 9.59 Å². The molecule has 0 aromatic rings. The highest BCUT2D eigenvalue weighted by Gasteiger charge is 2.33. The molecule has 2 unspecified atom stereocenters. The Balaban J connectivity index is 2.49. The fourth-order valence-corrected chi connectivity index (χ4v) is 2.54. The molecule has 1 heterocycles. The van der Waals surface area contributed by atoms with Crippen LogP contribution in [-0.4, -0.2) is 53.6 Å². The molecular weight excluding hydrogens is 274 g/mol. The minimum atomic E-state index is -0.906. The van der Waals surface area contributed by atoms with E-state index in [0.29, 0.717) is 25.4 Å². The molecule has 1 saturated heterocycles. The lowest BCUT2D eigenvalue weighted by atomic mass is 9.89. The van der Waals surface area contributed by atoms with Crippen molar-refractivity contribution >= 4 is 17.9 Å². The number of carboxylic acids is 1. The number of carbonyl (C=O) groups excluding carboxylic acids is 2. The zero-order chi connectivity index (χ0) is 15.8. The summed E-state index contributed by atoms with van der Waals surface area (Å²) in [7, 11) is 0. The van der Waals surface area contributed by atoms with E-state index in [4.69, 9.17) is 0 Å². The third-order valence-electron chi connectivity index (χ3n) is 3.82. The summed E-state index contributed by atoms with van der Waals surface area (Å²) in [5.74, 6) is -0.987. The van der Waals surface area contributed by atoms with E-state index >= 15 is 0 Å². The van der Waals surface area contributed by atoms with E-state index in [9.17, 15) is 19.5 Å². The number of nitrogens with one attached hydrogen (secondary N) is 2. The van der Waals surface area contributed by atoms with Gasteiger partial charge in [0.2, 0.25) is 5.91 Å². The molecule has 0 radical (unpaired) electrons. The fraction of sp³-hybridized carbons (Fsp3) is 0.786. The van der Waals surface area contributed by atoms with Crippen molar-refractivity contribution in [3.63, 3.8) is 0 Å². The van der Waals surface area contributed by atoms with Crippen molar-refractivity contribution in [1.82, 2.24) is 15.5 Å². The molecule has 7 heteroatoms. The van der Waals surface area contributed by atoms with Crippen LogP contribution in [0.5, 0.6) is 0 Å². The molecule has 1 fully saturated rings. The monoisotopic (exact) mass is 299 g/mol. The molecule has 3 amide bonds. The van der Waals surface area contributed by atoms with Crippen molar-refractivity contribution in [3.8, 4) is 0 Å². The molecule has 7 nitrogen and oxygen atoms in total. The van der Waals surface area contributed by atoms with Crippen molar-refractivity contribution < 1.29 is 19.5 Å². The summed E-state index contributed by atoms with van der Waals surface area (Å²) in [5.41, 5.74) is 0. The first-order valence-corrected chi connectivity index (χ1v) is 7.52. The summed E-state index contributed by atoms with van der Waals surface area (Å²) >= 11 is 0. The minimum absolute atomic E-state index is 0.0626. The average Bonchev–Trinajstić information content (AvgIpc) is 2.45. The van der Waals surface area contributed by atoms with E-state index in [1.54, 1.807) is 4.90 Å². The van der Waals surface area contributed by atoms with Gasteiger partial charge in [-0.2, -0.15) is 0 Å². The second-order valence-corrected chi connectivity index (χ2v) is 5.43. The van der Waals surface area contributed by atoms with Crippen molar-refractivity contribution in [2.24, 2.45) is 5.92 Å². The van der Waals surface area contributed by atoms with Gasteiger partial charge >= 0.3 is 12.0 Å². The lowest BCUT2D eigenvalue weighted by Gasteiger charge is -2.36. The molecule has 0 spiro atoms. The topological polar surface area (TPSA) is 98.7 Å². The van der Waals surface area contributed by atoms with Crippen LogP contribution in [0.4, 0.5) is 4.79 Å². The number of aliphatic carboxylic acids is 1. The molecule has 3 N–H and O–H groups in total. The van der Waals surface area contributed by atoms with Crippen molar-refractivity contribution in [2.75, 3.05) is 19.6 Å². The van der Waals surface area contributed by atoms with Crippen LogP contribution < -0.4 is 10.6 Å². The smallest absolute Gasteiger partial charge is 0.321 e. The molecule has 2 atom stereocenters. The van der Waals surface area contributed by atoms with E-state index < -0.39 is 23.9 Å². The fourth-order valence-electron chi connectivity index (χ4n) is 2.54. The Labute approximate surface area is 125 Å². The Morgan fingerprint density at radius 3 is 2.57 bits per heavy atom. The van der Waals surface area contributed by atoms with Crippen LogP contribution in [0, 0.1) is 5.92 Å². The van der Waals surface area contributed by atoms with E-state index in [-0.39, 0.29) is 6.54 Å². The number of amides is 3. The number of rotatable bonds is 6. The van der Waals surface area contributed by atoms with Gasteiger partial charge in [-0.15, -0.1) is 0 Å². The lowest BCUT2D eigenvalue weighted by molar-refractivity contribution is -0.146. The minimum Gasteiger partial charge on any atom is -0.480 e.